The van der Waals surface area contributed by atoms with Crippen LogP contribution in [-0.2, 0) is 0 Å². The molecule has 5 aromatic rings. The first-order valence-corrected chi connectivity index (χ1v) is 13.5. The van der Waals surface area contributed by atoms with E-state index in [0.29, 0.717) is 17.2 Å². The molecule has 2 aromatic heterocycles. The number of para-hydroxylation sites is 1. The summed E-state index contributed by atoms with van der Waals surface area (Å²) >= 11 is 0. The van der Waals surface area contributed by atoms with Crippen molar-refractivity contribution < 1.29 is 12.4 Å². The van der Waals surface area contributed by atoms with Crippen LogP contribution in [0.5, 0.6) is 11.5 Å². The molecule has 1 aliphatic rings. The smallest absolute Gasteiger partial charge is 0.215 e. The van der Waals surface area contributed by atoms with Crippen LogP contribution in [0.4, 0.5) is 11.6 Å². The van der Waals surface area contributed by atoms with E-state index in [2.05, 4.69) is 34.1 Å². The SMILES string of the molecule is Nc1ncc(-c2ccc(Oc3ccccc3)cc2)cc1C(=O)c1cccc(N2CCCC(c3ccccc3)C2)n1.[HH].[HH]. The highest BCUT2D eigenvalue weighted by Crippen LogP contribution is 2.30. The molecule has 202 valence electrons. The molecule has 1 aliphatic heterocycles. The molecule has 6 rings (SSSR count). The van der Waals surface area contributed by atoms with E-state index >= 15 is 0 Å². The van der Waals surface area contributed by atoms with Crippen LogP contribution in [0.3, 0.4) is 0 Å². The number of piperidine rings is 1. The second-order valence-corrected chi connectivity index (χ2v) is 10.0. The molecule has 3 heterocycles. The minimum absolute atomic E-state index is 0. The lowest BCUT2D eigenvalue weighted by Crippen LogP contribution is -2.35. The number of hydrogen-bond acceptors (Lipinski definition) is 6. The average molecular weight is 531 g/mol. The molecule has 1 fully saturated rings. The van der Waals surface area contributed by atoms with Gasteiger partial charge in [0.2, 0.25) is 5.78 Å². The number of benzene rings is 3. The van der Waals surface area contributed by atoms with Gasteiger partial charge in [-0.15, -0.1) is 0 Å². The highest BCUT2D eigenvalue weighted by atomic mass is 16.5. The van der Waals surface area contributed by atoms with Gasteiger partial charge in [0, 0.05) is 33.6 Å². The van der Waals surface area contributed by atoms with Gasteiger partial charge in [0.05, 0.1) is 5.56 Å². The molecular formula is C34H34N4O2. The van der Waals surface area contributed by atoms with Crippen molar-refractivity contribution in [3.8, 4) is 22.6 Å². The number of nitrogens with two attached hydrogens (primary N) is 1. The van der Waals surface area contributed by atoms with Gasteiger partial charge in [-0.2, -0.15) is 0 Å². The highest BCUT2D eigenvalue weighted by molar-refractivity contribution is 6.11. The topological polar surface area (TPSA) is 81.3 Å². The van der Waals surface area contributed by atoms with E-state index < -0.39 is 0 Å². The first-order valence-electron chi connectivity index (χ1n) is 13.5. The molecule has 0 aliphatic carbocycles. The molecule has 0 amide bonds. The van der Waals surface area contributed by atoms with E-state index in [9.17, 15) is 4.79 Å². The Morgan fingerprint density at radius 1 is 0.850 bits per heavy atom. The molecule has 6 heteroatoms. The predicted molar refractivity (Wildman–Crippen MR) is 163 cm³/mol. The molecule has 0 radical (unpaired) electrons. The number of ketones is 1. The summed E-state index contributed by atoms with van der Waals surface area (Å²) in [6.45, 7) is 1.79. The Hall–Kier alpha value is -4.97. The Labute approximate surface area is 237 Å². The minimum atomic E-state index is -0.241. The number of hydrogen-bond donors (Lipinski definition) is 1. The Morgan fingerprint density at radius 2 is 1.57 bits per heavy atom. The van der Waals surface area contributed by atoms with Crippen LogP contribution in [0.25, 0.3) is 11.1 Å². The van der Waals surface area contributed by atoms with Crippen molar-refractivity contribution in [3.63, 3.8) is 0 Å². The van der Waals surface area contributed by atoms with Crippen LogP contribution >= 0.6 is 0 Å². The molecular weight excluding hydrogens is 496 g/mol. The van der Waals surface area contributed by atoms with Crippen LogP contribution in [0.1, 0.15) is 43.2 Å². The molecule has 1 atom stereocenters. The number of nitrogens with zero attached hydrogens (tertiary/aromatic N) is 3. The summed E-state index contributed by atoms with van der Waals surface area (Å²) < 4.78 is 5.90. The van der Waals surface area contributed by atoms with Crippen molar-refractivity contribution in [2.75, 3.05) is 23.7 Å². The number of carbonyl (C=O) groups is 1. The Kier molecular flexibility index (Phi) is 7.22. The lowest BCUT2D eigenvalue weighted by Gasteiger charge is -2.34. The fourth-order valence-corrected chi connectivity index (χ4v) is 5.20. The molecule has 6 nitrogen and oxygen atoms in total. The van der Waals surface area contributed by atoms with Gasteiger partial charge in [0.25, 0.3) is 0 Å². The van der Waals surface area contributed by atoms with E-state index in [4.69, 9.17) is 15.5 Å². The van der Waals surface area contributed by atoms with E-state index in [1.54, 1.807) is 18.3 Å². The first kappa shape index (κ1) is 25.3. The van der Waals surface area contributed by atoms with Gasteiger partial charge < -0.3 is 15.4 Å². The number of aromatic nitrogens is 2. The highest BCUT2D eigenvalue weighted by Gasteiger charge is 2.23. The summed E-state index contributed by atoms with van der Waals surface area (Å²) in [5, 5.41) is 0. The quantitative estimate of drug-likeness (QED) is 0.218. The number of anilines is 2. The van der Waals surface area contributed by atoms with Crippen molar-refractivity contribution in [1.82, 2.24) is 9.97 Å². The third-order valence-corrected chi connectivity index (χ3v) is 7.31. The lowest BCUT2D eigenvalue weighted by atomic mass is 9.90. The Morgan fingerprint density at radius 3 is 2.35 bits per heavy atom. The maximum Gasteiger partial charge on any atom is 0.215 e. The second-order valence-electron chi connectivity index (χ2n) is 10.0. The zero-order valence-electron chi connectivity index (χ0n) is 22.1. The number of rotatable bonds is 7. The maximum absolute atomic E-state index is 13.6. The number of pyridine rings is 2. The number of nitrogen functional groups attached to an aromatic ring is 1. The fraction of sp³-hybridized carbons (Fsp3) is 0.147. The van der Waals surface area contributed by atoms with Gasteiger partial charge in [0.15, 0.2) is 0 Å². The van der Waals surface area contributed by atoms with Crippen LogP contribution in [0, 0.1) is 0 Å². The second kappa shape index (κ2) is 11.4. The Bertz CT molecular complexity index is 1620. The standard InChI is InChI=1S/C34H30N4O2.2H2/c35-34-30(21-27(22-36-34)25-16-18-29(19-17-25)40-28-12-5-2-6-13-28)33(39)31-14-7-15-32(37-31)38-20-8-11-26(23-38)24-9-3-1-4-10-24;;/h1-7,9-10,12-19,21-22,26H,8,11,20,23H2,(H2,35,36);2*1H. The normalized spacial score (nSPS) is 15.0. The summed E-state index contributed by atoms with van der Waals surface area (Å²) in [6.07, 6.45) is 3.90. The molecule has 40 heavy (non-hydrogen) atoms. The molecule has 0 bridgehead atoms. The molecule has 1 saturated heterocycles. The first-order chi connectivity index (χ1) is 19.6. The molecule has 1 unspecified atom stereocenters. The van der Waals surface area contributed by atoms with Gasteiger partial charge in [0.1, 0.15) is 28.8 Å². The summed E-state index contributed by atoms with van der Waals surface area (Å²) in [4.78, 5) is 25.0. The molecule has 2 N–H and O–H groups in total. The zero-order valence-corrected chi connectivity index (χ0v) is 22.1. The summed E-state index contributed by atoms with van der Waals surface area (Å²) in [5.74, 6) is 2.69. The van der Waals surface area contributed by atoms with E-state index in [1.807, 2.05) is 72.8 Å². The van der Waals surface area contributed by atoms with Crippen LogP contribution in [0.2, 0.25) is 0 Å². The third-order valence-electron chi connectivity index (χ3n) is 7.31. The van der Waals surface area contributed by atoms with Crippen LogP contribution in [0.15, 0.2) is 115 Å². The average Bonchev–Trinajstić information content (AvgIpc) is 3.02. The van der Waals surface area contributed by atoms with Gasteiger partial charge in [-0.05, 0) is 66.4 Å². The minimum Gasteiger partial charge on any atom is -0.457 e. The predicted octanol–water partition coefficient (Wildman–Crippen LogP) is 7.63. The summed E-state index contributed by atoms with van der Waals surface area (Å²) in [6, 6.07) is 35.3. The summed E-state index contributed by atoms with van der Waals surface area (Å²) in [5.41, 5.74) is 9.93. The Balaban J connectivity index is 0.00000202. The largest absolute Gasteiger partial charge is 0.457 e. The van der Waals surface area contributed by atoms with E-state index in [-0.39, 0.29) is 14.5 Å². The van der Waals surface area contributed by atoms with E-state index in [1.165, 1.54) is 5.56 Å². The van der Waals surface area contributed by atoms with Gasteiger partial charge in [-0.25, -0.2) is 9.97 Å². The summed E-state index contributed by atoms with van der Waals surface area (Å²) in [7, 11) is 0. The van der Waals surface area contributed by atoms with Crippen molar-refractivity contribution in [2.24, 2.45) is 0 Å². The van der Waals surface area contributed by atoms with Crippen molar-refractivity contribution >= 4 is 17.4 Å². The van der Waals surface area contributed by atoms with Crippen molar-refractivity contribution in [1.29, 1.82) is 0 Å². The fourth-order valence-electron chi connectivity index (χ4n) is 5.20. The monoisotopic (exact) mass is 530 g/mol. The zero-order chi connectivity index (χ0) is 27.3. The molecule has 0 spiro atoms. The third kappa shape index (κ3) is 5.57. The molecule has 3 aromatic carbocycles. The number of carbonyl (C=O) groups excluding carboxylic acids is 1. The number of ether oxygens (including phenoxy) is 1. The van der Waals surface area contributed by atoms with Crippen molar-refractivity contribution in [3.05, 3.63) is 132 Å². The van der Waals surface area contributed by atoms with Crippen LogP contribution < -0.4 is 15.4 Å². The van der Waals surface area contributed by atoms with Gasteiger partial charge >= 0.3 is 0 Å². The lowest BCUT2D eigenvalue weighted by molar-refractivity contribution is 0.103. The molecule has 0 saturated carbocycles. The maximum atomic E-state index is 13.6. The van der Waals surface area contributed by atoms with Gasteiger partial charge in [-0.1, -0.05) is 66.7 Å². The van der Waals surface area contributed by atoms with Crippen molar-refractivity contribution in [2.45, 2.75) is 18.8 Å². The van der Waals surface area contributed by atoms with E-state index in [0.717, 1.165) is 54.4 Å². The van der Waals surface area contributed by atoms with Gasteiger partial charge in [-0.3, -0.25) is 4.79 Å². The van der Waals surface area contributed by atoms with Crippen LogP contribution in [-0.4, -0.2) is 28.8 Å².